The Bertz CT molecular complexity index is 1100. The summed E-state index contributed by atoms with van der Waals surface area (Å²) < 4.78 is 8.38. The first-order valence-electron chi connectivity index (χ1n) is 7.70. The van der Waals surface area contributed by atoms with E-state index >= 15 is 0 Å². The Kier molecular flexibility index (Phi) is 3.14. The monoisotopic (exact) mass is 548 g/mol. The van der Waals surface area contributed by atoms with Crippen LogP contribution in [0.25, 0.3) is 20.9 Å². The van der Waals surface area contributed by atoms with Gasteiger partial charge in [0, 0.05) is 0 Å². The van der Waals surface area contributed by atoms with Gasteiger partial charge in [-0.05, 0) is 0 Å². The maximum absolute atomic E-state index is 4.53. The first-order chi connectivity index (χ1) is 12.2. The zero-order valence-corrected chi connectivity index (χ0v) is 19.5. The van der Waals surface area contributed by atoms with Crippen LogP contribution in [0, 0.1) is 0 Å². The molecule has 0 amide bonds. The molecule has 0 saturated carbocycles. The summed E-state index contributed by atoms with van der Waals surface area (Å²) in [6.45, 7) is 0. The molecule has 0 unspecified atom stereocenters. The summed E-state index contributed by atoms with van der Waals surface area (Å²) in [7, 11) is 0. The molecule has 120 valence electrons. The molecule has 2 aliphatic heterocycles. The number of fused-ring (bicyclic) bond motifs is 10. The van der Waals surface area contributed by atoms with Crippen molar-refractivity contribution < 1.29 is 0 Å². The third kappa shape index (κ3) is 1.75. The van der Waals surface area contributed by atoms with Gasteiger partial charge in [-0.1, -0.05) is 0 Å². The van der Waals surface area contributed by atoms with E-state index in [1.807, 2.05) is 35.1 Å². The number of halogens is 2. The average Bonchev–Trinajstić information content (AvgIpc) is 3.31. The number of aromatic nitrogens is 2. The fraction of sp³-hybridized carbons (Fsp3) is 0. The van der Waals surface area contributed by atoms with Crippen LogP contribution in [-0.2, 0) is 0 Å². The van der Waals surface area contributed by atoms with E-state index < -0.39 is 13.3 Å². The van der Waals surface area contributed by atoms with Crippen molar-refractivity contribution in [2.24, 2.45) is 0 Å². The first-order valence-corrected chi connectivity index (χ1v) is 15.1. The normalized spacial score (nSPS) is 15.1. The van der Waals surface area contributed by atoms with Gasteiger partial charge in [0.1, 0.15) is 0 Å². The van der Waals surface area contributed by atoms with Gasteiger partial charge >= 0.3 is 173 Å². The van der Waals surface area contributed by atoms with Crippen LogP contribution in [0.1, 0.15) is 0 Å². The first kappa shape index (κ1) is 15.3. The van der Waals surface area contributed by atoms with Crippen molar-refractivity contribution in [1.82, 2.24) is 9.97 Å². The molecule has 7 heteroatoms. The molecule has 0 aromatic carbocycles. The summed E-state index contributed by atoms with van der Waals surface area (Å²) in [5, 5.41) is 0. The standard InChI is InChI=1S/C18H8Br2GeN2S2/c19-15-5-11-17(24-15)18-12(6-16(20)25-18)21(11)13-7-22-3-1-9(13)10-2-4-23-8-14(10)21/h1-8H. The van der Waals surface area contributed by atoms with Gasteiger partial charge in [0.2, 0.25) is 0 Å². The van der Waals surface area contributed by atoms with Crippen molar-refractivity contribution in [1.29, 1.82) is 0 Å². The molecule has 6 heterocycles. The molecule has 6 rings (SSSR count). The molecule has 0 atom stereocenters. The minimum atomic E-state index is -2.96. The second kappa shape index (κ2) is 5.13. The SMILES string of the molecule is Brc1c[c]2c(s1)-c1sc(Br)c[c]1[Ge]21[c]2cnccc2-c2ccnc[c]21. The summed E-state index contributed by atoms with van der Waals surface area (Å²) in [4.78, 5) is 11.9. The van der Waals surface area contributed by atoms with Crippen molar-refractivity contribution in [2.75, 3.05) is 0 Å². The quantitative estimate of drug-likeness (QED) is 0.272. The van der Waals surface area contributed by atoms with Crippen LogP contribution in [-0.4, -0.2) is 23.2 Å². The van der Waals surface area contributed by atoms with E-state index in [1.165, 1.54) is 46.0 Å². The minimum absolute atomic E-state index is 1.21. The molecule has 0 radical (unpaired) electrons. The Balaban J connectivity index is 1.87. The van der Waals surface area contributed by atoms with E-state index in [9.17, 15) is 0 Å². The Morgan fingerprint density at radius 1 is 0.720 bits per heavy atom. The maximum atomic E-state index is 4.53. The van der Waals surface area contributed by atoms with Crippen molar-refractivity contribution in [3.63, 3.8) is 0 Å². The molecular weight excluding hydrogens is 541 g/mol. The Labute approximate surface area is 171 Å². The number of thiophene rings is 2. The van der Waals surface area contributed by atoms with Crippen LogP contribution in [0.5, 0.6) is 0 Å². The van der Waals surface area contributed by atoms with Gasteiger partial charge in [-0.25, -0.2) is 0 Å². The third-order valence-electron chi connectivity index (χ3n) is 5.16. The van der Waals surface area contributed by atoms with E-state index in [1.54, 1.807) is 0 Å². The number of rotatable bonds is 0. The zero-order chi connectivity index (χ0) is 16.8. The predicted molar refractivity (Wildman–Crippen MR) is 115 cm³/mol. The van der Waals surface area contributed by atoms with Gasteiger partial charge < -0.3 is 0 Å². The van der Waals surface area contributed by atoms with Gasteiger partial charge in [-0.3, -0.25) is 0 Å². The predicted octanol–water partition coefficient (Wildman–Crippen LogP) is 3.46. The Morgan fingerprint density at radius 3 is 1.68 bits per heavy atom. The number of nitrogens with zero attached hydrogens (tertiary/aromatic N) is 2. The molecule has 4 aromatic heterocycles. The Morgan fingerprint density at radius 2 is 1.20 bits per heavy atom. The molecule has 25 heavy (non-hydrogen) atoms. The second-order valence-electron chi connectivity index (χ2n) is 6.18. The van der Waals surface area contributed by atoms with Gasteiger partial charge in [0.05, 0.1) is 0 Å². The van der Waals surface area contributed by atoms with E-state index in [2.05, 4.69) is 78.5 Å². The summed E-state index contributed by atoms with van der Waals surface area (Å²) in [5.41, 5.74) is 2.69. The van der Waals surface area contributed by atoms with Crippen molar-refractivity contribution >= 4 is 85.4 Å². The van der Waals surface area contributed by atoms with E-state index in [0.29, 0.717) is 0 Å². The van der Waals surface area contributed by atoms with Crippen LogP contribution in [0.15, 0.2) is 56.6 Å². The van der Waals surface area contributed by atoms with E-state index in [0.717, 1.165) is 0 Å². The summed E-state index contributed by atoms with van der Waals surface area (Å²) in [6.07, 6.45) is 8.05. The fourth-order valence-electron chi connectivity index (χ4n) is 4.34. The van der Waals surface area contributed by atoms with Crippen molar-refractivity contribution in [2.45, 2.75) is 0 Å². The molecule has 2 nitrogen and oxygen atoms in total. The van der Waals surface area contributed by atoms with Gasteiger partial charge in [-0.2, -0.15) is 0 Å². The molecule has 4 aromatic rings. The van der Waals surface area contributed by atoms with Crippen LogP contribution in [0.3, 0.4) is 0 Å². The molecule has 0 fully saturated rings. The summed E-state index contributed by atoms with van der Waals surface area (Å²) in [6, 6.07) is 9.07. The van der Waals surface area contributed by atoms with Crippen LogP contribution in [0.2, 0.25) is 0 Å². The molecular formula is C18H8Br2GeN2S2. The zero-order valence-electron chi connectivity index (χ0n) is 12.6. The summed E-state index contributed by atoms with van der Waals surface area (Å²) in [5.74, 6) is 0. The molecule has 2 aliphatic rings. The molecule has 0 bridgehead atoms. The number of hydrogen-bond donors (Lipinski definition) is 0. The molecule has 0 saturated heterocycles. The van der Waals surface area contributed by atoms with E-state index in [4.69, 9.17) is 0 Å². The second-order valence-corrected chi connectivity index (χ2v) is 18.7. The van der Waals surface area contributed by atoms with Crippen LogP contribution in [0.4, 0.5) is 0 Å². The molecule has 0 aliphatic carbocycles. The van der Waals surface area contributed by atoms with Crippen LogP contribution >= 0.6 is 54.5 Å². The van der Waals surface area contributed by atoms with Gasteiger partial charge in [0.15, 0.2) is 0 Å². The molecule has 1 spiro atoms. The van der Waals surface area contributed by atoms with Gasteiger partial charge in [0.25, 0.3) is 0 Å². The summed E-state index contributed by atoms with van der Waals surface area (Å²) >= 11 is 8.22. The Hall–Kier alpha value is -0.797. The average molecular weight is 549 g/mol. The third-order valence-corrected chi connectivity index (χ3v) is 19.5. The van der Waals surface area contributed by atoms with E-state index in [-0.39, 0.29) is 0 Å². The topological polar surface area (TPSA) is 25.8 Å². The number of hydrogen-bond acceptors (Lipinski definition) is 4. The molecule has 0 N–H and O–H groups in total. The van der Waals surface area contributed by atoms with Gasteiger partial charge in [-0.15, -0.1) is 0 Å². The van der Waals surface area contributed by atoms with Crippen LogP contribution < -0.4 is 17.6 Å². The van der Waals surface area contributed by atoms with Crippen molar-refractivity contribution in [3.8, 4) is 20.9 Å². The number of pyridine rings is 2. The fourth-order valence-corrected chi connectivity index (χ4v) is 22.3. The van der Waals surface area contributed by atoms with Crippen molar-refractivity contribution in [3.05, 3.63) is 56.6 Å².